The fraction of sp³-hybridized carbons (Fsp3) is 0.333. The Bertz CT molecular complexity index is 1600. The number of aromatic nitrogens is 3. The number of hydrogen-bond donors (Lipinski definition) is 1. The highest BCUT2D eigenvalue weighted by Gasteiger charge is 2.37. The van der Waals surface area contributed by atoms with E-state index >= 15 is 4.39 Å². The zero-order valence-corrected chi connectivity index (χ0v) is 21.0. The Balaban J connectivity index is 1.33. The van der Waals surface area contributed by atoms with E-state index in [4.69, 9.17) is 9.72 Å². The van der Waals surface area contributed by atoms with Crippen LogP contribution in [0.25, 0.3) is 27.7 Å². The predicted molar refractivity (Wildman–Crippen MR) is 140 cm³/mol. The molecule has 1 unspecified atom stereocenters. The van der Waals surface area contributed by atoms with Crippen LogP contribution >= 0.6 is 0 Å². The van der Waals surface area contributed by atoms with Crippen LogP contribution in [0.4, 0.5) is 13.2 Å². The van der Waals surface area contributed by atoms with E-state index in [1.807, 2.05) is 30.5 Å². The minimum atomic E-state index is -2.92. The lowest BCUT2D eigenvalue weighted by atomic mass is 9.68. The highest BCUT2D eigenvalue weighted by atomic mass is 19.3. The van der Waals surface area contributed by atoms with Crippen molar-refractivity contribution in [1.82, 2.24) is 19.9 Å². The van der Waals surface area contributed by atoms with Crippen molar-refractivity contribution in [3.05, 3.63) is 83.3 Å². The number of alkyl halides is 2. The van der Waals surface area contributed by atoms with E-state index in [1.54, 1.807) is 24.4 Å². The quantitative estimate of drug-likeness (QED) is 0.308. The van der Waals surface area contributed by atoms with Crippen LogP contribution in [0.2, 0.25) is 0 Å². The Morgan fingerprint density at radius 3 is 2.66 bits per heavy atom. The van der Waals surface area contributed by atoms with Crippen LogP contribution in [0.1, 0.15) is 61.3 Å². The highest BCUT2D eigenvalue weighted by molar-refractivity contribution is 5.84. The highest BCUT2D eigenvalue weighted by Crippen LogP contribution is 2.45. The normalized spacial score (nSPS) is 19.5. The van der Waals surface area contributed by atoms with Crippen molar-refractivity contribution in [1.29, 1.82) is 0 Å². The van der Waals surface area contributed by atoms with Gasteiger partial charge in [0.05, 0.1) is 22.8 Å². The first kappa shape index (κ1) is 23.3. The third-order valence-electron chi connectivity index (χ3n) is 8.45. The third kappa shape index (κ3) is 3.61. The van der Waals surface area contributed by atoms with Gasteiger partial charge in [-0.05, 0) is 60.2 Å². The largest absolute Gasteiger partial charge is 0.434 e. The van der Waals surface area contributed by atoms with Gasteiger partial charge < -0.3 is 14.6 Å². The van der Waals surface area contributed by atoms with E-state index in [1.165, 1.54) is 0 Å². The standard InChI is InChI=1S/C30H27F3N4O/c1-30(10-3-11-30)28-21(31)12-18(16-35-28)17-6-7-22-24(13-17)37-23(8-9-26(37)36-22)27-20(19-14-34-15-19)4-2-5-25(27)38-29(32)33/h2,4-7,12-14,16,23,29,34H,3,8-11,15H2,1H3. The SMILES string of the molecule is CC1(c2ncc(-c3ccc4nc5n(c4c3)C(c3c(OC(F)F)cccc3C3=CNC3)CC5)cc2F)CCC1. The molecule has 8 heteroatoms. The third-order valence-corrected chi connectivity index (χ3v) is 8.45. The van der Waals surface area contributed by atoms with E-state index in [9.17, 15) is 8.78 Å². The molecule has 1 N–H and O–H groups in total. The topological polar surface area (TPSA) is 52.0 Å². The van der Waals surface area contributed by atoms with Crippen molar-refractivity contribution in [3.63, 3.8) is 0 Å². The molecule has 1 atom stereocenters. The van der Waals surface area contributed by atoms with E-state index in [0.29, 0.717) is 17.8 Å². The molecule has 1 aliphatic carbocycles. The summed E-state index contributed by atoms with van der Waals surface area (Å²) < 4.78 is 49.1. The first-order valence-electron chi connectivity index (χ1n) is 13.1. The smallest absolute Gasteiger partial charge is 0.387 e. The van der Waals surface area contributed by atoms with Gasteiger partial charge in [-0.1, -0.05) is 31.5 Å². The second kappa shape index (κ2) is 8.61. The molecule has 5 nitrogen and oxygen atoms in total. The number of aryl methyl sites for hydroxylation is 1. The van der Waals surface area contributed by atoms with Crippen molar-refractivity contribution in [3.8, 4) is 16.9 Å². The van der Waals surface area contributed by atoms with Crippen LogP contribution in [0.15, 0.2) is 54.9 Å². The van der Waals surface area contributed by atoms with Crippen molar-refractivity contribution in [2.45, 2.75) is 57.1 Å². The summed E-state index contributed by atoms with van der Waals surface area (Å²) in [6, 6.07) is 12.6. The fourth-order valence-electron chi connectivity index (χ4n) is 6.24. The average Bonchev–Trinajstić information content (AvgIpc) is 3.40. The number of nitrogens with zero attached hydrogens (tertiary/aromatic N) is 3. The molecule has 4 heterocycles. The molecule has 2 aromatic heterocycles. The Hall–Kier alpha value is -3.81. The Morgan fingerprint density at radius 1 is 1.13 bits per heavy atom. The molecule has 194 valence electrons. The lowest BCUT2D eigenvalue weighted by Gasteiger charge is -2.37. The first-order chi connectivity index (χ1) is 18.4. The number of rotatable bonds is 6. The molecule has 0 amide bonds. The molecule has 2 aromatic carbocycles. The lowest BCUT2D eigenvalue weighted by molar-refractivity contribution is -0.0507. The summed E-state index contributed by atoms with van der Waals surface area (Å²) in [4.78, 5) is 9.38. The van der Waals surface area contributed by atoms with Gasteiger partial charge in [0.25, 0.3) is 0 Å². The molecule has 38 heavy (non-hydrogen) atoms. The summed E-state index contributed by atoms with van der Waals surface area (Å²) in [5, 5.41) is 3.13. The number of pyridine rings is 1. The van der Waals surface area contributed by atoms with Crippen LogP contribution in [-0.2, 0) is 11.8 Å². The van der Waals surface area contributed by atoms with Crippen LogP contribution < -0.4 is 10.1 Å². The van der Waals surface area contributed by atoms with Crippen LogP contribution in [-0.4, -0.2) is 27.7 Å². The molecule has 7 rings (SSSR count). The summed E-state index contributed by atoms with van der Waals surface area (Å²) >= 11 is 0. The zero-order chi connectivity index (χ0) is 26.0. The maximum atomic E-state index is 15.2. The molecule has 4 aromatic rings. The Labute approximate surface area is 218 Å². The minimum absolute atomic E-state index is 0.178. The molecule has 0 spiro atoms. The average molecular weight is 517 g/mol. The maximum absolute atomic E-state index is 15.2. The predicted octanol–water partition coefficient (Wildman–Crippen LogP) is 6.76. The number of benzene rings is 2. The zero-order valence-electron chi connectivity index (χ0n) is 21.0. The van der Waals surface area contributed by atoms with Gasteiger partial charge in [-0.3, -0.25) is 4.98 Å². The number of halogens is 3. The molecule has 0 radical (unpaired) electrons. The van der Waals surface area contributed by atoms with Gasteiger partial charge in [-0.2, -0.15) is 8.78 Å². The molecule has 2 aliphatic heterocycles. The summed E-state index contributed by atoms with van der Waals surface area (Å²) in [7, 11) is 0. The monoisotopic (exact) mass is 516 g/mol. The van der Waals surface area contributed by atoms with Crippen molar-refractivity contribution >= 4 is 16.6 Å². The summed E-state index contributed by atoms with van der Waals surface area (Å²) in [5.74, 6) is 0.817. The second-order valence-electron chi connectivity index (χ2n) is 10.8. The number of fused-ring (bicyclic) bond motifs is 3. The summed E-state index contributed by atoms with van der Waals surface area (Å²) in [6.07, 6.45) is 8.11. The number of nitrogens with one attached hydrogen (secondary N) is 1. The van der Waals surface area contributed by atoms with Crippen LogP contribution in [0, 0.1) is 5.82 Å². The first-order valence-corrected chi connectivity index (χ1v) is 13.1. The van der Waals surface area contributed by atoms with Gasteiger partial charge in [0, 0.05) is 41.9 Å². The van der Waals surface area contributed by atoms with Gasteiger partial charge in [-0.25, -0.2) is 9.37 Å². The van der Waals surface area contributed by atoms with Gasteiger partial charge in [0.1, 0.15) is 17.4 Å². The maximum Gasteiger partial charge on any atom is 0.387 e. The van der Waals surface area contributed by atoms with Crippen LogP contribution in [0.3, 0.4) is 0 Å². The van der Waals surface area contributed by atoms with Crippen molar-refractivity contribution in [2.24, 2.45) is 0 Å². The van der Waals surface area contributed by atoms with Crippen molar-refractivity contribution < 1.29 is 17.9 Å². The van der Waals surface area contributed by atoms with Gasteiger partial charge in [-0.15, -0.1) is 0 Å². The number of hydrogen-bond acceptors (Lipinski definition) is 4. The minimum Gasteiger partial charge on any atom is -0.434 e. The summed E-state index contributed by atoms with van der Waals surface area (Å²) in [6.45, 7) is -0.173. The van der Waals surface area contributed by atoms with E-state index in [-0.39, 0.29) is 23.0 Å². The van der Waals surface area contributed by atoms with E-state index in [2.05, 4.69) is 21.8 Å². The molecule has 0 bridgehead atoms. The second-order valence-corrected chi connectivity index (χ2v) is 10.8. The molecule has 1 fully saturated rings. The van der Waals surface area contributed by atoms with Gasteiger partial charge in [0.2, 0.25) is 0 Å². The van der Waals surface area contributed by atoms with Gasteiger partial charge in [0.15, 0.2) is 0 Å². The molecule has 0 saturated heterocycles. The van der Waals surface area contributed by atoms with Crippen molar-refractivity contribution in [2.75, 3.05) is 6.54 Å². The Morgan fingerprint density at radius 2 is 1.97 bits per heavy atom. The molecule has 1 saturated carbocycles. The lowest BCUT2D eigenvalue weighted by Crippen LogP contribution is -2.32. The Kier molecular flexibility index (Phi) is 5.29. The summed E-state index contributed by atoms with van der Waals surface area (Å²) in [5.41, 5.74) is 6.32. The van der Waals surface area contributed by atoms with E-state index in [0.717, 1.165) is 71.2 Å². The van der Waals surface area contributed by atoms with E-state index < -0.39 is 6.61 Å². The number of ether oxygens (including phenoxy) is 1. The van der Waals surface area contributed by atoms with Gasteiger partial charge >= 0.3 is 6.61 Å². The molecular weight excluding hydrogens is 489 g/mol. The van der Waals surface area contributed by atoms with Crippen LogP contribution in [0.5, 0.6) is 5.75 Å². The fourth-order valence-corrected chi connectivity index (χ4v) is 6.24. The number of imidazole rings is 1. The molecular formula is C30H27F3N4O. The molecule has 3 aliphatic rings.